The fraction of sp³-hybridized carbons (Fsp3) is 0.208. The zero-order chi connectivity index (χ0) is 18.2. The first-order valence-corrected chi connectivity index (χ1v) is 9.20. The van der Waals surface area contributed by atoms with Crippen LogP contribution in [0.3, 0.4) is 0 Å². The van der Waals surface area contributed by atoms with Crippen molar-refractivity contribution in [3.05, 3.63) is 108 Å². The van der Waals surface area contributed by atoms with E-state index in [2.05, 4.69) is 41.7 Å². The topological polar surface area (TPSA) is 29.1 Å². The molecular weight excluding hydrogens is 318 g/mol. The predicted molar refractivity (Wildman–Crippen MR) is 107 cm³/mol. The first-order valence-electron chi connectivity index (χ1n) is 9.20. The molecule has 0 heterocycles. The molecule has 0 aliphatic heterocycles. The number of Topliss-reactive ketones (excluding diaryl/α,β-unsaturated/α-hetero) is 1. The Morgan fingerprint density at radius 2 is 1.12 bits per heavy atom. The van der Waals surface area contributed by atoms with E-state index in [0.717, 1.165) is 23.1 Å². The lowest BCUT2D eigenvalue weighted by Gasteiger charge is -2.37. The van der Waals surface area contributed by atoms with Crippen molar-refractivity contribution in [1.29, 1.82) is 0 Å². The Hall–Kier alpha value is -2.71. The van der Waals surface area contributed by atoms with E-state index < -0.39 is 5.54 Å². The largest absolute Gasteiger partial charge is 0.298 e. The Balaban J connectivity index is 2.16. The number of carbonyl (C=O) groups excluding carboxylic acids is 1. The van der Waals surface area contributed by atoms with Gasteiger partial charge < -0.3 is 0 Å². The van der Waals surface area contributed by atoms with Gasteiger partial charge in [-0.2, -0.15) is 0 Å². The van der Waals surface area contributed by atoms with Gasteiger partial charge in [0, 0.05) is 6.42 Å². The first-order chi connectivity index (χ1) is 12.8. The Morgan fingerprint density at radius 3 is 1.46 bits per heavy atom. The van der Waals surface area contributed by atoms with E-state index in [-0.39, 0.29) is 5.78 Å². The van der Waals surface area contributed by atoms with E-state index in [1.54, 1.807) is 0 Å². The highest BCUT2D eigenvalue weighted by atomic mass is 16.1. The van der Waals surface area contributed by atoms with Gasteiger partial charge in [-0.05, 0) is 23.1 Å². The normalized spacial score (nSPS) is 11.3. The molecule has 0 fully saturated rings. The third-order valence-electron chi connectivity index (χ3n) is 4.70. The molecule has 0 saturated heterocycles. The van der Waals surface area contributed by atoms with Crippen LogP contribution in [-0.2, 0) is 10.3 Å². The molecule has 0 aliphatic carbocycles. The van der Waals surface area contributed by atoms with Crippen molar-refractivity contribution in [2.24, 2.45) is 0 Å². The van der Waals surface area contributed by atoms with Crippen LogP contribution >= 0.6 is 0 Å². The second kappa shape index (κ2) is 8.59. The van der Waals surface area contributed by atoms with Gasteiger partial charge in [-0.1, -0.05) is 97.9 Å². The summed E-state index contributed by atoms with van der Waals surface area (Å²) < 4.78 is 0. The highest BCUT2D eigenvalue weighted by Crippen LogP contribution is 2.36. The molecule has 0 atom stereocenters. The number of hydrogen-bond acceptors (Lipinski definition) is 2. The summed E-state index contributed by atoms with van der Waals surface area (Å²) in [6.45, 7) is 2.38. The molecule has 2 heteroatoms. The second-order valence-corrected chi connectivity index (χ2v) is 6.49. The molecule has 0 radical (unpaired) electrons. The van der Waals surface area contributed by atoms with Crippen molar-refractivity contribution < 1.29 is 4.79 Å². The van der Waals surface area contributed by atoms with Gasteiger partial charge in [0.15, 0.2) is 0 Å². The number of ketones is 1. The van der Waals surface area contributed by atoms with Crippen molar-refractivity contribution in [3.8, 4) is 0 Å². The molecular formula is C24H25NO. The van der Waals surface area contributed by atoms with Crippen LogP contribution in [0.2, 0.25) is 0 Å². The Morgan fingerprint density at radius 1 is 0.731 bits per heavy atom. The highest BCUT2D eigenvalue weighted by Gasteiger charge is 2.36. The van der Waals surface area contributed by atoms with E-state index in [1.807, 2.05) is 61.5 Å². The fourth-order valence-corrected chi connectivity index (χ4v) is 3.47. The molecule has 0 aliphatic rings. The number of carbonyl (C=O) groups is 1. The fourth-order valence-electron chi connectivity index (χ4n) is 3.47. The molecule has 0 amide bonds. The van der Waals surface area contributed by atoms with Crippen LogP contribution in [-0.4, -0.2) is 12.3 Å². The molecule has 3 aromatic carbocycles. The lowest BCUT2D eigenvalue weighted by molar-refractivity contribution is -0.118. The third-order valence-corrected chi connectivity index (χ3v) is 4.70. The summed E-state index contributed by atoms with van der Waals surface area (Å²) in [6, 6.07) is 31.1. The Labute approximate surface area is 155 Å². The molecule has 3 aromatic rings. The van der Waals surface area contributed by atoms with Crippen molar-refractivity contribution in [3.63, 3.8) is 0 Å². The number of benzene rings is 3. The average Bonchev–Trinajstić information content (AvgIpc) is 2.71. The van der Waals surface area contributed by atoms with Gasteiger partial charge in [-0.25, -0.2) is 0 Å². The molecule has 0 spiro atoms. The van der Waals surface area contributed by atoms with Gasteiger partial charge in [0.25, 0.3) is 0 Å². The summed E-state index contributed by atoms with van der Waals surface area (Å²) in [5.41, 5.74) is 2.82. The van der Waals surface area contributed by atoms with Crippen LogP contribution in [0.15, 0.2) is 91.0 Å². The third kappa shape index (κ3) is 3.76. The lowest BCUT2D eigenvalue weighted by Crippen LogP contribution is -2.46. The van der Waals surface area contributed by atoms with Gasteiger partial charge in [0.1, 0.15) is 5.78 Å². The standard InChI is InChI=1S/C24H25NO/c1-2-12-23(26)19-25-24(20-13-6-3-7-14-20,21-15-8-4-9-16-21)22-17-10-5-11-18-22/h3-11,13-18,25H,2,12,19H2,1H3. The summed E-state index contributed by atoms with van der Waals surface area (Å²) in [6.07, 6.45) is 1.47. The molecule has 0 aromatic heterocycles. The summed E-state index contributed by atoms with van der Waals surface area (Å²) in [5, 5.41) is 3.62. The zero-order valence-electron chi connectivity index (χ0n) is 15.2. The maximum absolute atomic E-state index is 12.3. The minimum absolute atomic E-state index is 0.236. The van der Waals surface area contributed by atoms with Crippen LogP contribution in [0.5, 0.6) is 0 Å². The SMILES string of the molecule is CCCC(=O)CNC(c1ccccc1)(c1ccccc1)c1ccccc1. The maximum Gasteiger partial charge on any atom is 0.146 e. The van der Waals surface area contributed by atoms with E-state index in [9.17, 15) is 4.79 Å². The maximum atomic E-state index is 12.3. The molecule has 0 saturated carbocycles. The molecule has 26 heavy (non-hydrogen) atoms. The van der Waals surface area contributed by atoms with Gasteiger partial charge >= 0.3 is 0 Å². The Kier molecular flexibility index (Phi) is 5.98. The van der Waals surface area contributed by atoms with Crippen molar-refractivity contribution >= 4 is 5.78 Å². The zero-order valence-corrected chi connectivity index (χ0v) is 15.2. The number of rotatable bonds is 8. The quantitative estimate of drug-likeness (QED) is 0.587. The van der Waals surface area contributed by atoms with Crippen molar-refractivity contribution in [2.45, 2.75) is 25.3 Å². The first kappa shape index (κ1) is 18.1. The van der Waals surface area contributed by atoms with Crippen LogP contribution in [0.1, 0.15) is 36.5 Å². The van der Waals surface area contributed by atoms with E-state index in [4.69, 9.17) is 0 Å². The van der Waals surface area contributed by atoms with Crippen molar-refractivity contribution in [1.82, 2.24) is 5.32 Å². The summed E-state index contributed by atoms with van der Waals surface area (Å²) in [4.78, 5) is 12.3. The molecule has 3 rings (SSSR count). The van der Waals surface area contributed by atoms with E-state index in [0.29, 0.717) is 13.0 Å². The predicted octanol–water partition coefficient (Wildman–Crippen LogP) is 4.94. The average molecular weight is 343 g/mol. The molecule has 1 N–H and O–H groups in total. The van der Waals surface area contributed by atoms with Gasteiger partial charge in [0.2, 0.25) is 0 Å². The highest BCUT2D eigenvalue weighted by molar-refractivity contribution is 5.80. The number of hydrogen-bond donors (Lipinski definition) is 1. The summed E-state index contributed by atoms with van der Waals surface area (Å²) in [5.74, 6) is 0.236. The minimum Gasteiger partial charge on any atom is -0.298 e. The summed E-state index contributed by atoms with van der Waals surface area (Å²) >= 11 is 0. The molecule has 0 bridgehead atoms. The van der Waals surface area contributed by atoms with Gasteiger partial charge in [-0.3, -0.25) is 10.1 Å². The lowest BCUT2D eigenvalue weighted by atomic mass is 9.77. The van der Waals surface area contributed by atoms with E-state index in [1.165, 1.54) is 0 Å². The van der Waals surface area contributed by atoms with Crippen LogP contribution in [0.25, 0.3) is 0 Å². The smallest absolute Gasteiger partial charge is 0.146 e. The summed E-state index contributed by atoms with van der Waals surface area (Å²) in [7, 11) is 0. The molecule has 0 unspecified atom stereocenters. The van der Waals surface area contributed by atoms with Crippen LogP contribution in [0.4, 0.5) is 0 Å². The van der Waals surface area contributed by atoms with Crippen LogP contribution in [0, 0.1) is 0 Å². The number of nitrogens with one attached hydrogen (secondary N) is 1. The van der Waals surface area contributed by atoms with Gasteiger partial charge in [-0.15, -0.1) is 0 Å². The monoisotopic (exact) mass is 343 g/mol. The second-order valence-electron chi connectivity index (χ2n) is 6.49. The molecule has 2 nitrogen and oxygen atoms in total. The minimum atomic E-state index is -0.562. The van der Waals surface area contributed by atoms with E-state index >= 15 is 0 Å². The Bertz CT molecular complexity index is 716. The van der Waals surface area contributed by atoms with Crippen LogP contribution < -0.4 is 5.32 Å². The van der Waals surface area contributed by atoms with Crippen molar-refractivity contribution in [2.75, 3.05) is 6.54 Å². The van der Waals surface area contributed by atoms with Gasteiger partial charge in [0.05, 0.1) is 12.1 Å². The molecule has 132 valence electrons.